The highest BCUT2D eigenvalue weighted by molar-refractivity contribution is 6.31. The number of rotatable bonds is 17. The first-order chi connectivity index (χ1) is 30.2. The van der Waals surface area contributed by atoms with E-state index in [1.807, 2.05) is 32.9 Å². The van der Waals surface area contributed by atoms with E-state index in [0.717, 1.165) is 111 Å². The SMILES string of the molecule is C/C=C(/c1ccc(OC(F)(F)F)cc1)c1cc(CN2CC3CC(C2)N(Cc2c(Cl)cccc2C(C)CC)C3)ccc1C.CC.CC/C=C(\NCCCC(C)CC)C1(N)CCNCC1. The van der Waals surface area contributed by atoms with Gasteiger partial charge in [0.2, 0.25) is 0 Å². The number of hydrogen-bond acceptors (Lipinski definition) is 6. The Balaban J connectivity index is 0.000000348. The first kappa shape index (κ1) is 52.3. The Kier molecular flexibility index (Phi) is 21.1. The summed E-state index contributed by atoms with van der Waals surface area (Å²) in [5.74, 6) is 1.76. The summed E-state index contributed by atoms with van der Waals surface area (Å²) < 4.78 is 41.9. The summed E-state index contributed by atoms with van der Waals surface area (Å²) in [7, 11) is 0. The minimum absolute atomic E-state index is 0.127. The van der Waals surface area contributed by atoms with Gasteiger partial charge in [0.05, 0.1) is 5.54 Å². The third-order valence-electron chi connectivity index (χ3n) is 13.3. The first-order valence-electron chi connectivity index (χ1n) is 24.0. The standard InChI is InChI=1S/C35H40ClF3N2O.C16H33N3.C2H6/c1-5-23(3)31-8-7-9-34(36)33(31)22-41-20-26-16-28(41)21-40(19-26)18-25-11-10-24(4)32(17-25)30(6-2)27-12-14-29(15-13-27)42-35(37,38)39;1-4-7-15(16(17)9-12-18-13-10-16)19-11-6-8-14(3)5-2;1-2/h6-15,17,23,26,28H,5,16,18-22H2,1-4H3;7,14,18-19H,4-6,8-13,17H2,1-3H3;1-2H3/b30-6-;15-7-;. The predicted molar refractivity (Wildman–Crippen MR) is 260 cm³/mol. The van der Waals surface area contributed by atoms with Gasteiger partial charge in [0.25, 0.3) is 0 Å². The zero-order valence-electron chi connectivity index (χ0n) is 39.9. The molecule has 4 N–H and O–H groups in total. The van der Waals surface area contributed by atoms with Gasteiger partial charge in [0.15, 0.2) is 0 Å². The number of likely N-dealkylation sites (tertiary alicyclic amines) is 2. The molecule has 350 valence electrons. The fourth-order valence-corrected chi connectivity index (χ4v) is 9.65. The van der Waals surface area contributed by atoms with E-state index in [2.05, 4.69) is 103 Å². The number of alkyl halides is 3. The molecule has 6 rings (SSSR count). The van der Waals surface area contributed by atoms with Gasteiger partial charge in [0.1, 0.15) is 5.75 Å². The molecule has 3 aliphatic heterocycles. The van der Waals surface area contributed by atoms with Gasteiger partial charge in [-0.1, -0.05) is 115 Å². The van der Waals surface area contributed by atoms with Crippen LogP contribution in [0.25, 0.3) is 5.57 Å². The summed E-state index contributed by atoms with van der Waals surface area (Å²) in [6, 6.07) is 19.5. The number of halogens is 4. The highest BCUT2D eigenvalue weighted by atomic mass is 35.5. The van der Waals surface area contributed by atoms with Crippen molar-refractivity contribution in [3.63, 3.8) is 0 Å². The van der Waals surface area contributed by atoms with Crippen molar-refractivity contribution in [1.29, 1.82) is 0 Å². The molecule has 10 heteroatoms. The molecule has 63 heavy (non-hydrogen) atoms. The van der Waals surface area contributed by atoms with Crippen LogP contribution in [0.15, 0.2) is 78.5 Å². The van der Waals surface area contributed by atoms with Crippen LogP contribution < -0.4 is 21.1 Å². The second-order valence-electron chi connectivity index (χ2n) is 17.9. The fraction of sp³-hybridized carbons (Fsp3) is 0.585. The Morgan fingerprint density at radius 3 is 2.33 bits per heavy atom. The number of hydrogen-bond donors (Lipinski definition) is 3. The van der Waals surface area contributed by atoms with E-state index in [9.17, 15) is 13.2 Å². The Morgan fingerprint density at radius 1 is 0.984 bits per heavy atom. The zero-order valence-corrected chi connectivity index (χ0v) is 40.7. The molecule has 2 bridgehead atoms. The Labute approximate surface area is 384 Å². The Morgan fingerprint density at radius 2 is 1.70 bits per heavy atom. The molecular weight excluding hydrogens is 815 g/mol. The van der Waals surface area contributed by atoms with Crippen LogP contribution in [0.3, 0.4) is 0 Å². The molecular formula is C53H79ClF3N5O. The molecule has 0 spiro atoms. The minimum Gasteiger partial charge on any atom is -0.406 e. The van der Waals surface area contributed by atoms with Crippen LogP contribution in [0, 0.1) is 18.8 Å². The van der Waals surface area contributed by atoms with Crippen molar-refractivity contribution in [3.05, 3.63) is 117 Å². The van der Waals surface area contributed by atoms with Crippen molar-refractivity contribution >= 4 is 17.2 Å². The second kappa shape index (κ2) is 25.4. The molecule has 0 aliphatic carbocycles. The van der Waals surface area contributed by atoms with Crippen LogP contribution in [0.1, 0.15) is 146 Å². The molecule has 6 nitrogen and oxygen atoms in total. The van der Waals surface area contributed by atoms with E-state index in [-0.39, 0.29) is 11.3 Å². The number of aryl methyl sites for hydroxylation is 1. The van der Waals surface area contributed by atoms with E-state index in [4.69, 9.17) is 17.3 Å². The summed E-state index contributed by atoms with van der Waals surface area (Å²) in [5.41, 5.74) is 15.7. The van der Waals surface area contributed by atoms with Gasteiger partial charge in [-0.05, 0) is 153 Å². The molecule has 4 atom stereocenters. The topological polar surface area (TPSA) is 65.8 Å². The normalized spacial score (nSPS) is 20.2. The molecule has 3 fully saturated rings. The summed E-state index contributed by atoms with van der Waals surface area (Å²) in [4.78, 5) is 5.22. The number of benzene rings is 3. The number of nitrogens with two attached hydrogens (primary N) is 1. The van der Waals surface area contributed by atoms with Crippen LogP contribution >= 0.6 is 11.6 Å². The number of fused-ring (bicyclic) bond motifs is 2. The average Bonchev–Trinajstić information content (AvgIpc) is 3.56. The second-order valence-corrected chi connectivity index (χ2v) is 18.3. The molecule has 3 saturated heterocycles. The van der Waals surface area contributed by atoms with Gasteiger partial charge in [-0.25, -0.2) is 0 Å². The van der Waals surface area contributed by atoms with E-state index >= 15 is 0 Å². The van der Waals surface area contributed by atoms with Crippen LogP contribution in [-0.4, -0.2) is 67.0 Å². The smallest absolute Gasteiger partial charge is 0.406 e. The molecule has 3 aromatic carbocycles. The highest BCUT2D eigenvalue weighted by Crippen LogP contribution is 2.36. The lowest BCUT2D eigenvalue weighted by Crippen LogP contribution is -2.53. The van der Waals surface area contributed by atoms with Gasteiger partial charge < -0.3 is 21.1 Å². The van der Waals surface area contributed by atoms with Crippen molar-refractivity contribution in [1.82, 2.24) is 20.4 Å². The first-order valence-corrected chi connectivity index (χ1v) is 24.3. The van der Waals surface area contributed by atoms with Gasteiger partial charge in [-0.2, -0.15) is 0 Å². The lowest BCUT2D eigenvalue weighted by molar-refractivity contribution is -0.274. The summed E-state index contributed by atoms with van der Waals surface area (Å²) >= 11 is 6.74. The van der Waals surface area contributed by atoms with Crippen molar-refractivity contribution in [3.8, 4) is 5.75 Å². The maximum Gasteiger partial charge on any atom is 0.573 e. The van der Waals surface area contributed by atoms with Gasteiger partial charge in [-0.3, -0.25) is 9.80 Å². The minimum atomic E-state index is -4.70. The van der Waals surface area contributed by atoms with E-state index in [0.29, 0.717) is 17.9 Å². The number of nitrogens with zero attached hydrogens (tertiary/aromatic N) is 2. The molecule has 0 saturated carbocycles. The highest BCUT2D eigenvalue weighted by Gasteiger charge is 2.39. The molecule has 3 aromatic rings. The van der Waals surface area contributed by atoms with Crippen molar-refractivity contribution in [2.45, 2.75) is 151 Å². The van der Waals surface area contributed by atoms with Crippen molar-refractivity contribution < 1.29 is 17.9 Å². The Bertz CT molecular complexity index is 1890. The van der Waals surface area contributed by atoms with Crippen molar-refractivity contribution in [2.75, 3.05) is 39.3 Å². The van der Waals surface area contributed by atoms with E-state index in [1.54, 1.807) is 12.1 Å². The van der Waals surface area contributed by atoms with Gasteiger partial charge >= 0.3 is 6.36 Å². The summed E-state index contributed by atoms with van der Waals surface area (Å²) in [6.45, 7) is 27.4. The molecule has 3 aliphatic rings. The lowest BCUT2D eigenvalue weighted by atomic mass is 9.85. The largest absolute Gasteiger partial charge is 0.573 e. The third kappa shape index (κ3) is 15.4. The third-order valence-corrected chi connectivity index (χ3v) is 13.6. The molecule has 3 heterocycles. The van der Waals surface area contributed by atoms with Crippen LogP contribution in [0.4, 0.5) is 13.2 Å². The quantitative estimate of drug-likeness (QED) is 0.117. The maximum atomic E-state index is 12.6. The lowest BCUT2D eigenvalue weighted by Gasteiger charge is -2.37. The van der Waals surface area contributed by atoms with Gasteiger partial charge in [0, 0.05) is 56.0 Å². The number of piperidine rings is 2. The average molecular weight is 895 g/mol. The molecule has 0 amide bonds. The van der Waals surface area contributed by atoms with Crippen LogP contribution in [-0.2, 0) is 13.1 Å². The number of allylic oxidation sites excluding steroid dienone is 2. The molecule has 0 aromatic heterocycles. The summed E-state index contributed by atoms with van der Waals surface area (Å²) in [6.07, 6.45) is 8.90. The maximum absolute atomic E-state index is 12.6. The van der Waals surface area contributed by atoms with Crippen LogP contribution in [0.2, 0.25) is 5.02 Å². The Hall–Kier alpha value is -3.34. The molecule has 0 radical (unpaired) electrons. The summed E-state index contributed by atoms with van der Waals surface area (Å²) in [5, 5.41) is 7.89. The van der Waals surface area contributed by atoms with Gasteiger partial charge in [-0.15, -0.1) is 13.2 Å². The number of nitrogens with one attached hydrogen (secondary N) is 2. The predicted octanol–water partition coefficient (Wildman–Crippen LogP) is 13.0. The van der Waals surface area contributed by atoms with E-state index < -0.39 is 6.36 Å². The fourth-order valence-electron chi connectivity index (χ4n) is 9.40. The van der Waals surface area contributed by atoms with Crippen molar-refractivity contribution in [2.24, 2.45) is 17.6 Å². The zero-order chi connectivity index (χ0) is 46.2. The number of ether oxygens (including phenoxy) is 1. The molecule has 4 unspecified atom stereocenters. The monoisotopic (exact) mass is 894 g/mol. The van der Waals surface area contributed by atoms with E-state index in [1.165, 1.54) is 60.2 Å². The van der Waals surface area contributed by atoms with Crippen LogP contribution in [0.5, 0.6) is 5.75 Å².